The van der Waals surface area contributed by atoms with Crippen molar-refractivity contribution in [2.75, 3.05) is 32.8 Å². The number of primary amides is 1. The number of rotatable bonds is 8. The zero-order valence-corrected chi connectivity index (χ0v) is 20.5. The molecule has 2 aromatic rings. The maximum Gasteiger partial charge on any atom is 0.254 e. The van der Waals surface area contributed by atoms with Crippen LogP contribution in [-0.2, 0) is 4.79 Å². The van der Waals surface area contributed by atoms with Gasteiger partial charge in [0.25, 0.3) is 5.91 Å². The summed E-state index contributed by atoms with van der Waals surface area (Å²) in [6.07, 6.45) is 6.60. The molecule has 0 unspecified atom stereocenters. The Balaban J connectivity index is 1.28. The molecule has 35 heavy (non-hydrogen) atoms. The molecule has 0 bridgehead atoms. The van der Waals surface area contributed by atoms with Crippen molar-refractivity contribution in [1.82, 2.24) is 19.8 Å². The van der Waals surface area contributed by atoms with E-state index >= 15 is 0 Å². The number of piperidine rings is 1. The summed E-state index contributed by atoms with van der Waals surface area (Å²) < 4.78 is 19.7. The summed E-state index contributed by atoms with van der Waals surface area (Å²) in [7, 11) is 0. The number of nitrogens with two attached hydrogens (primary N) is 1. The Morgan fingerprint density at radius 1 is 1.09 bits per heavy atom. The average molecular weight is 484 g/mol. The van der Waals surface area contributed by atoms with Gasteiger partial charge in [-0.3, -0.25) is 9.59 Å². The minimum atomic E-state index is -1.17. The minimum Gasteiger partial charge on any atom is -0.476 e. The number of carbonyl (C=O) groups is 2. The number of aromatic nitrogens is 2. The van der Waals surface area contributed by atoms with E-state index in [-0.39, 0.29) is 5.91 Å². The summed E-state index contributed by atoms with van der Waals surface area (Å²) in [5, 5.41) is 0. The summed E-state index contributed by atoms with van der Waals surface area (Å²) in [6.45, 7) is 6.57. The topological polar surface area (TPSA) is 102 Å². The highest BCUT2D eigenvalue weighted by molar-refractivity contribution is 5.98. The molecule has 2 saturated heterocycles. The summed E-state index contributed by atoms with van der Waals surface area (Å²) in [6, 6.07) is 6.57. The number of amides is 2. The van der Waals surface area contributed by atoms with E-state index in [9.17, 15) is 14.0 Å². The Morgan fingerprint density at radius 3 is 2.40 bits per heavy atom. The van der Waals surface area contributed by atoms with Gasteiger partial charge in [-0.25, -0.2) is 14.4 Å². The van der Waals surface area contributed by atoms with Crippen molar-refractivity contribution in [3.8, 4) is 17.1 Å². The van der Waals surface area contributed by atoms with Crippen molar-refractivity contribution in [2.45, 2.75) is 51.2 Å². The van der Waals surface area contributed by atoms with Crippen molar-refractivity contribution in [1.29, 1.82) is 0 Å². The molecule has 0 saturated carbocycles. The van der Waals surface area contributed by atoms with Gasteiger partial charge in [-0.1, -0.05) is 12.1 Å². The van der Waals surface area contributed by atoms with E-state index in [4.69, 9.17) is 10.5 Å². The maximum absolute atomic E-state index is 13.8. The Kier molecular flexibility index (Phi) is 7.64. The van der Waals surface area contributed by atoms with Crippen LogP contribution >= 0.6 is 0 Å². The molecule has 9 heteroatoms. The monoisotopic (exact) mass is 483 g/mol. The van der Waals surface area contributed by atoms with Gasteiger partial charge in [-0.15, -0.1) is 0 Å². The summed E-state index contributed by atoms with van der Waals surface area (Å²) in [4.78, 5) is 36.9. The van der Waals surface area contributed by atoms with Gasteiger partial charge < -0.3 is 20.3 Å². The first-order valence-electron chi connectivity index (χ1n) is 12.3. The van der Waals surface area contributed by atoms with Crippen LogP contribution in [0.2, 0.25) is 0 Å². The third-order valence-electron chi connectivity index (χ3n) is 6.67. The van der Waals surface area contributed by atoms with Crippen LogP contribution in [0, 0.1) is 5.92 Å². The van der Waals surface area contributed by atoms with E-state index in [0.29, 0.717) is 49.2 Å². The van der Waals surface area contributed by atoms with Crippen molar-refractivity contribution in [2.24, 2.45) is 11.7 Å². The number of nitrogens with zero attached hydrogens (tertiary/aromatic N) is 4. The van der Waals surface area contributed by atoms with E-state index < -0.39 is 17.6 Å². The lowest BCUT2D eigenvalue weighted by Gasteiger charge is -2.34. The number of halogens is 1. The number of likely N-dealkylation sites (tertiary alicyclic amines) is 2. The lowest BCUT2D eigenvalue weighted by atomic mass is 9.97. The van der Waals surface area contributed by atoms with Crippen molar-refractivity contribution < 1.29 is 18.7 Å². The second-order valence-corrected chi connectivity index (χ2v) is 10.1. The molecule has 188 valence electrons. The standard InChI is InChI=1S/C26H34FN5O3/c1-26(2,27)17-31-12-9-18(10-13-31)16-35-23-15-29-21(14-30-23)19-5-7-20(8-6-19)25(34)32-11-3-4-22(32)24(28)33/h5-8,14-15,18,22H,3-4,9-13,16-17H2,1-2H3,(H2,28,33)/t22-/m0/s1. The second-order valence-electron chi connectivity index (χ2n) is 10.1. The molecule has 4 rings (SSSR count). The molecule has 0 spiro atoms. The van der Waals surface area contributed by atoms with Crippen LogP contribution in [0.5, 0.6) is 5.88 Å². The zero-order chi connectivity index (χ0) is 25.0. The van der Waals surface area contributed by atoms with E-state index in [1.54, 1.807) is 43.3 Å². The predicted octanol–water partition coefficient (Wildman–Crippen LogP) is 3.07. The molecule has 2 N–H and O–H groups in total. The molecule has 2 amide bonds. The van der Waals surface area contributed by atoms with E-state index in [1.165, 1.54) is 0 Å². The van der Waals surface area contributed by atoms with Crippen LogP contribution < -0.4 is 10.5 Å². The normalized spacial score (nSPS) is 19.6. The van der Waals surface area contributed by atoms with Crippen LogP contribution in [0.4, 0.5) is 4.39 Å². The quantitative estimate of drug-likeness (QED) is 0.619. The highest BCUT2D eigenvalue weighted by Crippen LogP contribution is 2.24. The molecule has 2 aliphatic heterocycles. The first kappa shape index (κ1) is 25.0. The molecule has 3 heterocycles. The molecule has 1 atom stereocenters. The fraction of sp³-hybridized carbons (Fsp3) is 0.538. The van der Waals surface area contributed by atoms with E-state index in [1.807, 2.05) is 12.1 Å². The van der Waals surface area contributed by atoms with Gasteiger partial charge in [0, 0.05) is 24.2 Å². The second kappa shape index (κ2) is 10.7. The molecule has 0 radical (unpaired) electrons. The largest absolute Gasteiger partial charge is 0.476 e. The highest BCUT2D eigenvalue weighted by Gasteiger charge is 2.33. The van der Waals surface area contributed by atoms with Gasteiger partial charge in [0.15, 0.2) is 0 Å². The third-order valence-corrected chi connectivity index (χ3v) is 6.67. The number of alkyl halides is 1. The number of hydrogen-bond acceptors (Lipinski definition) is 6. The van der Waals surface area contributed by atoms with Crippen LogP contribution in [0.3, 0.4) is 0 Å². The van der Waals surface area contributed by atoms with Gasteiger partial charge in [-0.2, -0.15) is 0 Å². The summed E-state index contributed by atoms with van der Waals surface area (Å²) in [5.41, 5.74) is 6.28. The fourth-order valence-electron chi connectivity index (χ4n) is 4.84. The Labute approximate surface area is 205 Å². The van der Waals surface area contributed by atoms with Crippen LogP contribution in [-0.4, -0.2) is 76.1 Å². The van der Waals surface area contributed by atoms with Crippen LogP contribution in [0.15, 0.2) is 36.7 Å². The minimum absolute atomic E-state index is 0.188. The number of benzene rings is 1. The zero-order valence-electron chi connectivity index (χ0n) is 20.5. The predicted molar refractivity (Wildman–Crippen MR) is 131 cm³/mol. The summed E-state index contributed by atoms with van der Waals surface area (Å²) in [5.74, 6) is 0.243. The smallest absolute Gasteiger partial charge is 0.254 e. The Morgan fingerprint density at radius 2 is 1.80 bits per heavy atom. The number of ether oxygens (including phenoxy) is 1. The molecule has 8 nitrogen and oxygen atoms in total. The van der Waals surface area contributed by atoms with E-state index in [0.717, 1.165) is 37.9 Å². The Hall–Kier alpha value is -3.07. The van der Waals surface area contributed by atoms with Gasteiger partial charge in [0.05, 0.1) is 24.7 Å². The fourth-order valence-corrected chi connectivity index (χ4v) is 4.84. The third kappa shape index (κ3) is 6.54. The number of hydrogen-bond donors (Lipinski definition) is 1. The lowest BCUT2D eigenvalue weighted by molar-refractivity contribution is -0.121. The van der Waals surface area contributed by atoms with Gasteiger partial charge in [0.1, 0.15) is 11.7 Å². The van der Waals surface area contributed by atoms with Gasteiger partial charge in [0.2, 0.25) is 11.8 Å². The number of carbonyl (C=O) groups excluding carboxylic acids is 2. The maximum atomic E-state index is 13.8. The average Bonchev–Trinajstić information content (AvgIpc) is 3.33. The first-order valence-corrected chi connectivity index (χ1v) is 12.3. The lowest BCUT2D eigenvalue weighted by Crippen LogP contribution is -2.43. The molecule has 0 aliphatic carbocycles. The molecule has 2 fully saturated rings. The van der Waals surface area contributed by atoms with Crippen LogP contribution in [0.25, 0.3) is 11.3 Å². The van der Waals surface area contributed by atoms with Gasteiger partial charge in [-0.05, 0) is 70.7 Å². The SMILES string of the molecule is CC(C)(F)CN1CCC(COc2cnc(-c3ccc(C(=O)N4CCC[C@H]4C(N)=O)cc3)cn2)CC1. The highest BCUT2D eigenvalue weighted by atomic mass is 19.1. The molecule has 1 aromatic carbocycles. The Bertz CT molecular complexity index is 1010. The van der Waals surface area contributed by atoms with Crippen molar-refractivity contribution in [3.05, 3.63) is 42.2 Å². The van der Waals surface area contributed by atoms with Gasteiger partial charge >= 0.3 is 0 Å². The van der Waals surface area contributed by atoms with Crippen molar-refractivity contribution >= 4 is 11.8 Å². The first-order chi connectivity index (χ1) is 16.7. The molecule has 1 aromatic heterocycles. The van der Waals surface area contributed by atoms with Crippen LogP contribution in [0.1, 0.15) is 49.9 Å². The van der Waals surface area contributed by atoms with Crippen molar-refractivity contribution in [3.63, 3.8) is 0 Å². The molecular weight excluding hydrogens is 449 g/mol. The molecular formula is C26H34FN5O3. The van der Waals surface area contributed by atoms with E-state index in [2.05, 4.69) is 14.9 Å². The molecule has 2 aliphatic rings. The summed E-state index contributed by atoms with van der Waals surface area (Å²) >= 11 is 0.